The summed E-state index contributed by atoms with van der Waals surface area (Å²) >= 11 is 3.06. The zero-order chi connectivity index (χ0) is 12.4. The molecule has 1 N–H and O–H groups in total. The van der Waals surface area contributed by atoms with Gasteiger partial charge < -0.3 is 10.1 Å². The molecule has 0 saturated carbocycles. The van der Waals surface area contributed by atoms with E-state index in [4.69, 9.17) is 4.74 Å². The highest BCUT2D eigenvalue weighted by molar-refractivity contribution is 9.10. The minimum absolute atomic E-state index is 0.204. The van der Waals surface area contributed by atoms with Crippen LogP contribution in [0.15, 0.2) is 22.7 Å². The third kappa shape index (κ3) is 2.84. The van der Waals surface area contributed by atoms with Gasteiger partial charge >= 0.3 is 0 Å². The lowest BCUT2D eigenvalue weighted by Crippen LogP contribution is -2.31. The molecule has 1 amide bonds. The van der Waals surface area contributed by atoms with E-state index in [1.54, 1.807) is 12.1 Å². The zero-order valence-corrected chi connectivity index (χ0v) is 11.0. The van der Waals surface area contributed by atoms with Crippen molar-refractivity contribution in [2.45, 2.75) is 19.4 Å². The topological polar surface area (TPSA) is 38.3 Å². The fourth-order valence-corrected chi connectivity index (χ4v) is 2.06. The summed E-state index contributed by atoms with van der Waals surface area (Å²) in [5.41, 5.74) is 0.443. The Bertz CT molecular complexity index is 439. The molecule has 0 aromatic heterocycles. The minimum atomic E-state index is -0.429. The largest absolute Gasteiger partial charge is 0.368 e. The number of amides is 1. The fourth-order valence-electron chi connectivity index (χ4n) is 1.82. The second-order valence-electron chi connectivity index (χ2n) is 4.18. The molecule has 3 nitrogen and oxygen atoms in total. The molecular weight excluding hydrogens is 289 g/mol. The summed E-state index contributed by atoms with van der Waals surface area (Å²) in [4.78, 5) is 11.9. The van der Waals surface area contributed by atoms with Crippen LogP contribution in [0.1, 0.15) is 13.3 Å². The highest BCUT2D eigenvalue weighted by Crippen LogP contribution is 2.23. The number of hydrogen-bond donors (Lipinski definition) is 1. The first-order chi connectivity index (χ1) is 8.08. The number of carbonyl (C=O) groups is 1. The van der Waals surface area contributed by atoms with Gasteiger partial charge in [0.2, 0.25) is 0 Å². The third-order valence-electron chi connectivity index (χ3n) is 2.83. The summed E-state index contributed by atoms with van der Waals surface area (Å²) in [5, 5.41) is 2.66. The maximum Gasteiger partial charge on any atom is 0.253 e. The van der Waals surface area contributed by atoms with Crippen molar-refractivity contribution >= 4 is 27.5 Å². The molecular formula is C12H13BrFNO2. The highest BCUT2D eigenvalue weighted by atomic mass is 79.9. The average molecular weight is 302 g/mol. The average Bonchev–Trinajstić information content (AvgIpc) is 2.70. The van der Waals surface area contributed by atoms with Crippen LogP contribution < -0.4 is 5.32 Å². The van der Waals surface area contributed by atoms with Crippen molar-refractivity contribution in [3.63, 3.8) is 0 Å². The number of anilines is 1. The van der Waals surface area contributed by atoms with Gasteiger partial charge in [0.25, 0.3) is 5.91 Å². The van der Waals surface area contributed by atoms with Gasteiger partial charge in [-0.2, -0.15) is 0 Å². The summed E-state index contributed by atoms with van der Waals surface area (Å²) in [5.74, 6) is -0.407. The van der Waals surface area contributed by atoms with Crippen molar-refractivity contribution in [1.29, 1.82) is 0 Å². The molecule has 0 aliphatic carbocycles. The summed E-state index contributed by atoms with van der Waals surface area (Å²) in [7, 11) is 0. The van der Waals surface area contributed by atoms with Crippen LogP contribution in [0, 0.1) is 11.7 Å². The Hall–Kier alpha value is -0.940. The van der Waals surface area contributed by atoms with Gasteiger partial charge in [0.1, 0.15) is 11.9 Å². The first kappa shape index (κ1) is 12.5. The molecule has 0 bridgehead atoms. The summed E-state index contributed by atoms with van der Waals surface area (Å²) < 4.78 is 19.0. The summed E-state index contributed by atoms with van der Waals surface area (Å²) in [6.07, 6.45) is 0.453. The molecule has 1 fully saturated rings. The van der Waals surface area contributed by atoms with Gasteiger partial charge in [-0.1, -0.05) is 6.92 Å². The van der Waals surface area contributed by atoms with Gasteiger partial charge in [-0.15, -0.1) is 0 Å². The lowest BCUT2D eigenvalue weighted by molar-refractivity contribution is -0.126. The molecule has 1 aromatic carbocycles. The SMILES string of the molecule is CC1CCOC1C(=O)Nc1ccc(Br)c(F)c1. The number of hydrogen-bond acceptors (Lipinski definition) is 2. The van der Waals surface area contributed by atoms with Crippen LogP contribution in [0.25, 0.3) is 0 Å². The van der Waals surface area contributed by atoms with Crippen molar-refractivity contribution in [1.82, 2.24) is 0 Å². The Balaban J connectivity index is 2.05. The number of carbonyl (C=O) groups excluding carboxylic acids is 1. The predicted octanol–water partition coefficient (Wildman–Crippen LogP) is 2.95. The van der Waals surface area contributed by atoms with Gasteiger partial charge in [0.05, 0.1) is 4.47 Å². The van der Waals surface area contributed by atoms with E-state index in [9.17, 15) is 9.18 Å². The monoisotopic (exact) mass is 301 g/mol. The van der Waals surface area contributed by atoms with Gasteiger partial charge in [-0.25, -0.2) is 4.39 Å². The normalized spacial score (nSPS) is 23.7. The van der Waals surface area contributed by atoms with Crippen LogP contribution in [-0.4, -0.2) is 18.6 Å². The number of rotatable bonds is 2. The third-order valence-corrected chi connectivity index (χ3v) is 3.48. The van der Waals surface area contributed by atoms with Gasteiger partial charge in [-0.3, -0.25) is 4.79 Å². The first-order valence-electron chi connectivity index (χ1n) is 5.45. The van der Waals surface area contributed by atoms with E-state index in [-0.39, 0.29) is 11.8 Å². The second-order valence-corrected chi connectivity index (χ2v) is 5.03. The number of halogens is 2. The minimum Gasteiger partial charge on any atom is -0.368 e. The summed E-state index contributed by atoms with van der Waals surface area (Å²) in [6, 6.07) is 4.48. The standard InChI is InChI=1S/C12H13BrFNO2/c1-7-4-5-17-11(7)12(16)15-8-2-3-9(13)10(14)6-8/h2-3,6-7,11H,4-5H2,1H3,(H,15,16). The van der Waals surface area contributed by atoms with Crippen molar-refractivity contribution < 1.29 is 13.9 Å². The van der Waals surface area contributed by atoms with E-state index in [1.165, 1.54) is 6.07 Å². The number of ether oxygens (including phenoxy) is 1. The Morgan fingerprint density at radius 2 is 2.35 bits per heavy atom. The van der Waals surface area contributed by atoms with Crippen molar-refractivity contribution in [3.05, 3.63) is 28.5 Å². The molecule has 1 heterocycles. The van der Waals surface area contributed by atoms with Crippen LogP contribution in [0.2, 0.25) is 0 Å². The fraction of sp³-hybridized carbons (Fsp3) is 0.417. The van der Waals surface area contributed by atoms with Crippen LogP contribution in [0.5, 0.6) is 0 Å². The Labute approximate surface area is 107 Å². The lowest BCUT2D eigenvalue weighted by atomic mass is 10.0. The smallest absolute Gasteiger partial charge is 0.253 e. The molecule has 2 unspecified atom stereocenters. The summed E-state index contributed by atoms with van der Waals surface area (Å²) in [6.45, 7) is 2.58. The van der Waals surface area contributed by atoms with E-state index >= 15 is 0 Å². The van der Waals surface area contributed by atoms with E-state index in [1.807, 2.05) is 6.92 Å². The van der Waals surface area contributed by atoms with Crippen LogP contribution >= 0.6 is 15.9 Å². The maximum atomic E-state index is 13.3. The lowest BCUT2D eigenvalue weighted by Gasteiger charge is -2.14. The Morgan fingerprint density at radius 1 is 1.59 bits per heavy atom. The van der Waals surface area contributed by atoms with Gasteiger partial charge in [0, 0.05) is 12.3 Å². The number of nitrogens with one attached hydrogen (secondary N) is 1. The zero-order valence-electron chi connectivity index (χ0n) is 9.37. The van der Waals surface area contributed by atoms with Gasteiger partial charge in [0.15, 0.2) is 0 Å². The van der Waals surface area contributed by atoms with E-state index < -0.39 is 11.9 Å². The molecule has 17 heavy (non-hydrogen) atoms. The first-order valence-corrected chi connectivity index (χ1v) is 6.25. The molecule has 1 saturated heterocycles. The predicted molar refractivity (Wildman–Crippen MR) is 66.3 cm³/mol. The van der Waals surface area contributed by atoms with Crippen LogP contribution in [-0.2, 0) is 9.53 Å². The Kier molecular flexibility index (Phi) is 3.79. The Morgan fingerprint density at radius 3 is 2.94 bits per heavy atom. The molecule has 2 rings (SSSR count). The molecule has 1 aliphatic rings. The quantitative estimate of drug-likeness (QED) is 0.912. The van der Waals surface area contributed by atoms with Gasteiger partial charge in [-0.05, 0) is 46.5 Å². The molecule has 0 spiro atoms. The molecule has 5 heteroatoms. The van der Waals surface area contributed by atoms with E-state index in [2.05, 4.69) is 21.2 Å². The second kappa shape index (κ2) is 5.14. The van der Waals surface area contributed by atoms with Crippen LogP contribution in [0.4, 0.5) is 10.1 Å². The van der Waals surface area contributed by atoms with Crippen LogP contribution in [0.3, 0.4) is 0 Å². The molecule has 0 radical (unpaired) electrons. The molecule has 92 valence electrons. The molecule has 1 aromatic rings. The highest BCUT2D eigenvalue weighted by Gasteiger charge is 2.30. The van der Waals surface area contributed by atoms with Crippen molar-refractivity contribution in [2.24, 2.45) is 5.92 Å². The van der Waals surface area contributed by atoms with Crippen molar-refractivity contribution in [3.8, 4) is 0 Å². The maximum absolute atomic E-state index is 13.3. The molecule has 2 atom stereocenters. The van der Waals surface area contributed by atoms with E-state index in [0.717, 1.165) is 6.42 Å². The van der Waals surface area contributed by atoms with E-state index in [0.29, 0.717) is 16.8 Å². The number of benzene rings is 1. The molecule has 1 aliphatic heterocycles. The van der Waals surface area contributed by atoms with Crippen molar-refractivity contribution in [2.75, 3.05) is 11.9 Å².